The Kier molecular flexibility index (Phi) is 6.57. The smallest absolute Gasteiger partial charge is 0.242 e. The van der Waals surface area contributed by atoms with Gasteiger partial charge in [0.1, 0.15) is 0 Å². The van der Waals surface area contributed by atoms with E-state index in [-0.39, 0.29) is 18.4 Å². The van der Waals surface area contributed by atoms with Crippen molar-refractivity contribution in [3.05, 3.63) is 0 Å². The van der Waals surface area contributed by atoms with Crippen LogP contribution in [-0.2, 0) is 14.3 Å². The molecule has 0 saturated carbocycles. The Labute approximate surface area is 102 Å². The van der Waals surface area contributed by atoms with E-state index in [1.54, 1.807) is 4.90 Å². The molecule has 17 heavy (non-hydrogen) atoms. The van der Waals surface area contributed by atoms with E-state index in [4.69, 9.17) is 4.74 Å². The third-order valence-electron chi connectivity index (χ3n) is 2.63. The van der Waals surface area contributed by atoms with E-state index in [9.17, 15) is 9.59 Å². The molecule has 1 aliphatic rings. The van der Waals surface area contributed by atoms with E-state index in [2.05, 4.69) is 10.6 Å². The van der Waals surface area contributed by atoms with Gasteiger partial charge < -0.3 is 20.3 Å². The number of hydrogen-bond donors (Lipinski definition) is 2. The molecular formula is C11H21N3O3. The SMILES string of the molecule is CNCCCC(=O)NCC(=O)N1CCOCC1. The van der Waals surface area contributed by atoms with Crippen molar-refractivity contribution in [2.45, 2.75) is 12.8 Å². The summed E-state index contributed by atoms with van der Waals surface area (Å²) in [5, 5.41) is 5.61. The van der Waals surface area contributed by atoms with Crippen molar-refractivity contribution in [2.75, 3.05) is 46.4 Å². The van der Waals surface area contributed by atoms with E-state index < -0.39 is 0 Å². The van der Waals surface area contributed by atoms with Gasteiger partial charge in [0.15, 0.2) is 0 Å². The van der Waals surface area contributed by atoms with E-state index in [0.29, 0.717) is 32.7 Å². The van der Waals surface area contributed by atoms with Crippen molar-refractivity contribution >= 4 is 11.8 Å². The first kappa shape index (κ1) is 13.9. The molecule has 0 aromatic heterocycles. The third kappa shape index (κ3) is 5.65. The van der Waals surface area contributed by atoms with E-state index in [1.807, 2.05) is 7.05 Å². The van der Waals surface area contributed by atoms with E-state index in [0.717, 1.165) is 13.0 Å². The summed E-state index contributed by atoms with van der Waals surface area (Å²) in [7, 11) is 1.85. The predicted molar refractivity (Wildman–Crippen MR) is 63.6 cm³/mol. The summed E-state index contributed by atoms with van der Waals surface area (Å²) < 4.78 is 5.15. The van der Waals surface area contributed by atoms with Crippen LogP contribution < -0.4 is 10.6 Å². The molecule has 0 unspecified atom stereocenters. The lowest BCUT2D eigenvalue weighted by Crippen LogP contribution is -2.45. The molecule has 6 heteroatoms. The second kappa shape index (κ2) is 8.03. The summed E-state index contributed by atoms with van der Waals surface area (Å²) in [6.07, 6.45) is 1.24. The standard InChI is InChI=1S/C11H21N3O3/c1-12-4-2-3-10(15)13-9-11(16)14-5-7-17-8-6-14/h12H,2-9H2,1H3,(H,13,15). The molecule has 2 N–H and O–H groups in total. The fourth-order valence-corrected chi connectivity index (χ4v) is 1.61. The molecule has 0 aromatic rings. The maximum absolute atomic E-state index is 11.7. The zero-order valence-corrected chi connectivity index (χ0v) is 10.3. The van der Waals surface area contributed by atoms with Gasteiger partial charge in [-0.1, -0.05) is 0 Å². The van der Waals surface area contributed by atoms with Crippen LogP contribution in [0, 0.1) is 0 Å². The fraction of sp³-hybridized carbons (Fsp3) is 0.818. The van der Waals surface area contributed by atoms with Crippen LogP contribution in [-0.4, -0.2) is 63.2 Å². The highest BCUT2D eigenvalue weighted by Gasteiger charge is 2.16. The number of ether oxygens (including phenoxy) is 1. The molecule has 1 fully saturated rings. The molecule has 0 radical (unpaired) electrons. The lowest BCUT2D eigenvalue weighted by Gasteiger charge is -2.26. The normalized spacial score (nSPS) is 15.7. The summed E-state index contributed by atoms with van der Waals surface area (Å²) >= 11 is 0. The zero-order chi connectivity index (χ0) is 12.5. The maximum Gasteiger partial charge on any atom is 0.242 e. The van der Waals surface area contributed by atoms with Gasteiger partial charge >= 0.3 is 0 Å². The highest BCUT2D eigenvalue weighted by molar-refractivity contribution is 5.84. The molecule has 2 amide bonds. The van der Waals surface area contributed by atoms with Crippen molar-refractivity contribution in [1.82, 2.24) is 15.5 Å². The van der Waals surface area contributed by atoms with Crippen LogP contribution in [0.4, 0.5) is 0 Å². The van der Waals surface area contributed by atoms with Crippen LogP contribution in [0.1, 0.15) is 12.8 Å². The molecule has 0 aromatic carbocycles. The molecule has 1 heterocycles. The summed E-state index contributed by atoms with van der Waals surface area (Å²) in [6.45, 7) is 3.32. The molecule has 1 rings (SSSR count). The van der Waals surface area contributed by atoms with Crippen LogP contribution >= 0.6 is 0 Å². The van der Waals surface area contributed by atoms with Crippen molar-refractivity contribution in [2.24, 2.45) is 0 Å². The van der Waals surface area contributed by atoms with Gasteiger partial charge in [-0.3, -0.25) is 9.59 Å². The van der Waals surface area contributed by atoms with Gasteiger partial charge in [0, 0.05) is 19.5 Å². The monoisotopic (exact) mass is 243 g/mol. The van der Waals surface area contributed by atoms with Crippen LogP contribution in [0.15, 0.2) is 0 Å². The lowest BCUT2D eigenvalue weighted by atomic mass is 10.3. The quantitative estimate of drug-likeness (QED) is 0.585. The Morgan fingerprint density at radius 2 is 2.00 bits per heavy atom. The molecule has 0 atom stereocenters. The van der Waals surface area contributed by atoms with Crippen molar-refractivity contribution < 1.29 is 14.3 Å². The van der Waals surface area contributed by atoms with Crippen LogP contribution in [0.2, 0.25) is 0 Å². The summed E-state index contributed by atoms with van der Waals surface area (Å²) in [5.41, 5.74) is 0. The topological polar surface area (TPSA) is 70.7 Å². The third-order valence-corrected chi connectivity index (χ3v) is 2.63. The van der Waals surface area contributed by atoms with Crippen LogP contribution in [0.3, 0.4) is 0 Å². The summed E-state index contributed by atoms with van der Waals surface area (Å²) in [4.78, 5) is 24.8. The van der Waals surface area contributed by atoms with Gasteiger partial charge in [0.05, 0.1) is 19.8 Å². The zero-order valence-electron chi connectivity index (χ0n) is 10.3. The molecule has 6 nitrogen and oxygen atoms in total. The Bertz CT molecular complexity index is 252. The average molecular weight is 243 g/mol. The highest BCUT2D eigenvalue weighted by atomic mass is 16.5. The van der Waals surface area contributed by atoms with Gasteiger partial charge in [-0.15, -0.1) is 0 Å². The van der Waals surface area contributed by atoms with Gasteiger partial charge in [-0.2, -0.15) is 0 Å². The number of rotatable bonds is 6. The van der Waals surface area contributed by atoms with Gasteiger partial charge in [-0.25, -0.2) is 0 Å². The minimum Gasteiger partial charge on any atom is -0.378 e. The number of nitrogens with one attached hydrogen (secondary N) is 2. The molecule has 0 spiro atoms. The number of amides is 2. The Morgan fingerprint density at radius 3 is 2.65 bits per heavy atom. The second-order valence-electron chi connectivity index (χ2n) is 3.98. The minimum atomic E-state index is -0.0677. The average Bonchev–Trinajstić information content (AvgIpc) is 2.37. The second-order valence-corrected chi connectivity index (χ2v) is 3.98. The maximum atomic E-state index is 11.7. The van der Waals surface area contributed by atoms with Gasteiger partial charge in [0.25, 0.3) is 0 Å². The van der Waals surface area contributed by atoms with Gasteiger partial charge in [0.2, 0.25) is 11.8 Å². The fourth-order valence-electron chi connectivity index (χ4n) is 1.61. The molecule has 1 saturated heterocycles. The van der Waals surface area contributed by atoms with E-state index in [1.165, 1.54) is 0 Å². The Hall–Kier alpha value is -1.14. The number of carbonyl (C=O) groups is 2. The Morgan fingerprint density at radius 1 is 1.29 bits per heavy atom. The first-order valence-electron chi connectivity index (χ1n) is 6.01. The highest BCUT2D eigenvalue weighted by Crippen LogP contribution is 1.96. The van der Waals surface area contributed by atoms with Crippen LogP contribution in [0.5, 0.6) is 0 Å². The minimum absolute atomic E-state index is 0.0322. The number of carbonyl (C=O) groups excluding carboxylic acids is 2. The summed E-state index contributed by atoms with van der Waals surface area (Å²) in [6, 6.07) is 0. The molecule has 0 aliphatic carbocycles. The molecule has 0 bridgehead atoms. The van der Waals surface area contributed by atoms with Gasteiger partial charge in [-0.05, 0) is 20.0 Å². The Balaban J connectivity index is 2.11. The first-order chi connectivity index (χ1) is 8.24. The predicted octanol–water partition coefficient (Wildman–Crippen LogP) is -1.04. The lowest BCUT2D eigenvalue weighted by molar-refractivity contribution is -0.136. The van der Waals surface area contributed by atoms with Crippen molar-refractivity contribution in [1.29, 1.82) is 0 Å². The van der Waals surface area contributed by atoms with Crippen molar-refractivity contribution in [3.8, 4) is 0 Å². The largest absolute Gasteiger partial charge is 0.378 e. The number of morpholine rings is 1. The number of hydrogen-bond acceptors (Lipinski definition) is 4. The van der Waals surface area contributed by atoms with Crippen molar-refractivity contribution in [3.63, 3.8) is 0 Å². The number of nitrogens with zero attached hydrogens (tertiary/aromatic N) is 1. The molecule has 1 aliphatic heterocycles. The first-order valence-corrected chi connectivity index (χ1v) is 6.01. The summed E-state index contributed by atoms with van der Waals surface area (Å²) in [5.74, 6) is -0.0999. The molecular weight excluding hydrogens is 222 g/mol. The van der Waals surface area contributed by atoms with E-state index >= 15 is 0 Å². The molecule has 98 valence electrons. The van der Waals surface area contributed by atoms with Crippen LogP contribution in [0.25, 0.3) is 0 Å².